The van der Waals surface area contributed by atoms with Gasteiger partial charge in [-0.1, -0.05) is 0 Å². The van der Waals surface area contributed by atoms with Crippen molar-refractivity contribution in [2.75, 3.05) is 12.8 Å². The van der Waals surface area contributed by atoms with Crippen LogP contribution in [0.25, 0.3) is 0 Å². The number of likely N-dealkylation sites (tertiary alicyclic amines) is 1. The number of benzene rings is 1. The number of anilines is 1. The van der Waals surface area contributed by atoms with Crippen molar-refractivity contribution in [3.63, 3.8) is 0 Å². The third-order valence-corrected chi connectivity index (χ3v) is 4.84. The van der Waals surface area contributed by atoms with Gasteiger partial charge in [-0.15, -0.1) is 0 Å². The van der Waals surface area contributed by atoms with Crippen LogP contribution in [0.2, 0.25) is 0 Å². The Hall–Kier alpha value is -1.22. The molecule has 1 aliphatic rings. The number of ether oxygens (including phenoxy) is 1. The van der Waals surface area contributed by atoms with E-state index < -0.39 is 0 Å². The van der Waals surface area contributed by atoms with Gasteiger partial charge >= 0.3 is 0 Å². The Labute approximate surface area is 129 Å². The van der Waals surface area contributed by atoms with E-state index in [1.165, 1.54) is 24.0 Å². The lowest BCUT2D eigenvalue weighted by Crippen LogP contribution is -2.43. The molecule has 0 saturated carbocycles. The minimum Gasteiger partial charge on any atom is -0.489 e. The lowest BCUT2D eigenvalue weighted by atomic mass is 9.81. The van der Waals surface area contributed by atoms with E-state index in [2.05, 4.69) is 44.9 Å². The van der Waals surface area contributed by atoms with E-state index in [1.807, 2.05) is 13.8 Å². The first-order valence-electron chi connectivity index (χ1n) is 8.08. The van der Waals surface area contributed by atoms with Gasteiger partial charge in [0, 0.05) is 12.1 Å². The lowest BCUT2D eigenvalue weighted by molar-refractivity contribution is 0.122. The second kappa shape index (κ2) is 6.27. The molecule has 3 nitrogen and oxygen atoms in total. The molecule has 1 aromatic rings. The van der Waals surface area contributed by atoms with Gasteiger partial charge in [-0.3, -0.25) is 0 Å². The van der Waals surface area contributed by atoms with E-state index in [0.29, 0.717) is 18.0 Å². The Morgan fingerprint density at radius 3 is 2.29 bits per heavy atom. The van der Waals surface area contributed by atoms with E-state index >= 15 is 0 Å². The monoisotopic (exact) mass is 290 g/mol. The summed E-state index contributed by atoms with van der Waals surface area (Å²) in [5.74, 6) is 1.44. The summed E-state index contributed by atoms with van der Waals surface area (Å²) in [7, 11) is 2.23. The number of hydrogen-bond acceptors (Lipinski definition) is 3. The molecule has 3 heteroatoms. The van der Waals surface area contributed by atoms with Gasteiger partial charge in [0.25, 0.3) is 0 Å². The summed E-state index contributed by atoms with van der Waals surface area (Å²) in [5.41, 5.74) is 9.56. The van der Waals surface area contributed by atoms with Crippen LogP contribution in [0, 0.1) is 6.92 Å². The molecule has 0 aliphatic carbocycles. The summed E-state index contributed by atoms with van der Waals surface area (Å²) in [6.07, 6.45) is 2.55. The molecule has 1 fully saturated rings. The van der Waals surface area contributed by atoms with Crippen molar-refractivity contribution in [3.05, 3.63) is 23.3 Å². The van der Waals surface area contributed by atoms with Gasteiger partial charge in [0.1, 0.15) is 5.75 Å². The highest BCUT2D eigenvalue weighted by Gasteiger charge is 2.30. The molecule has 118 valence electrons. The van der Waals surface area contributed by atoms with Gasteiger partial charge in [-0.2, -0.15) is 0 Å². The van der Waals surface area contributed by atoms with Gasteiger partial charge in [-0.05, 0) is 83.7 Å². The molecule has 0 bridgehead atoms. The van der Waals surface area contributed by atoms with Gasteiger partial charge in [-0.25, -0.2) is 0 Å². The van der Waals surface area contributed by atoms with Crippen molar-refractivity contribution in [1.82, 2.24) is 4.90 Å². The van der Waals surface area contributed by atoms with Crippen LogP contribution in [0.4, 0.5) is 5.69 Å². The summed E-state index contributed by atoms with van der Waals surface area (Å²) in [6, 6.07) is 5.48. The maximum atomic E-state index is 6.11. The number of piperidine rings is 1. The predicted molar refractivity (Wildman–Crippen MR) is 90.0 cm³/mol. The molecular formula is C18H30N2O. The Morgan fingerprint density at radius 2 is 1.76 bits per heavy atom. The molecule has 0 aromatic heterocycles. The van der Waals surface area contributed by atoms with Crippen molar-refractivity contribution >= 4 is 5.69 Å². The van der Waals surface area contributed by atoms with Gasteiger partial charge in [0.15, 0.2) is 0 Å². The fraction of sp³-hybridized carbons (Fsp3) is 0.667. The minimum atomic E-state index is 0.151. The molecule has 1 aliphatic heterocycles. The first kappa shape index (κ1) is 16.2. The van der Waals surface area contributed by atoms with Crippen LogP contribution < -0.4 is 10.5 Å². The Kier molecular flexibility index (Phi) is 4.82. The molecule has 2 atom stereocenters. The zero-order valence-corrected chi connectivity index (χ0v) is 14.3. The average Bonchev–Trinajstić information content (AvgIpc) is 2.38. The predicted octanol–water partition coefficient (Wildman–Crippen LogP) is 3.95. The molecule has 0 spiro atoms. The highest BCUT2D eigenvalue weighted by Crippen LogP contribution is 2.39. The van der Waals surface area contributed by atoms with Crippen molar-refractivity contribution < 1.29 is 4.74 Å². The number of nitrogen functional groups attached to an aromatic ring is 1. The quantitative estimate of drug-likeness (QED) is 0.857. The maximum absolute atomic E-state index is 6.11. The highest BCUT2D eigenvalue weighted by molar-refractivity contribution is 5.57. The molecular weight excluding hydrogens is 260 g/mol. The molecule has 21 heavy (non-hydrogen) atoms. The first-order chi connectivity index (χ1) is 9.79. The van der Waals surface area contributed by atoms with Crippen LogP contribution in [0.15, 0.2) is 12.1 Å². The first-order valence-corrected chi connectivity index (χ1v) is 8.08. The lowest BCUT2D eigenvalue weighted by Gasteiger charge is -2.41. The average molecular weight is 290 g/mol. The van der Waals surface area contributed by atoms with Gasteiger partial charge in [0.2, 0.25) is 0 Å². The van der Waals surface area contributed by atoms with Crippen molar-refractivity contribution in [2.24, 2.45) is 0 Å². The van der Waals surface area contributed by atoms with Crippen LogP contribution >= 0.6 is 0 Å². The molecule has 1 aromatic carbocycles. The summed E-state index contributed by atoms with van der Waals surface area (Å²) in [6.45, 7) is 10.9. The molecule has 0 amide bonds. The third-order valence-electron chi connectivity index (χ3n) is 4.84. The molecule has 2 unspecified atom stereocenters. The topological polar surface area (TPSA) is 38.5 Å². The van der Waals surface area contributed by atoms with Crippen LogP contribution in [0.1, 0.15) is 57.6 Å². The van der Waals surface area contributed by atoms with Crippen molar-refractivity contribution in [3.8, 4) is 5.75 Å². The second-order valence-corrected chi connectivity index (χ2v) is 6.95. The molecule has 1 saturated heterocycles. The fourth-order valence-electron chi connectivity index (χ4n) is 3.46. The zero-order valence-electron chi connectivity index (χ0n) is 14.3. The van der Waals surface area contributed by atoms with E-state index in [1.54, 1.807) is 0 Å². The Bertz CT molecular complexity index is 486. The number of nitrogens with two attached hydrogens (primary N) is 1. The van der Waals surface area contributed by atoms with E-state index in [4.69, 9.17) is 10.5 Å². The Morgan fingerprint density at radius 1 is 1.19 bits per heavy atom. The van der Waals surface area contributed by atoms with E-state index in [-0.39, 0.29) is 6.10 Å². The minimum absolute atomic E-state index is 0.151. The largest absolute Gasteiger partial charge is 0.489 e. The maximum Gasteiger partial charge on any atom is 0.142 e. The number of aryl methyl sites for hydroxylation is 1. The normalized spacial score (nSPS) is 27.1. The van der Waals surface area contributed by atoms with Crippen LogP contribution in [-0.4, -0.2) is 30.1 Å². The SMILES string of the molecule is Cc1cc(N)c(OC(C)C)cc1C1CC(C)N(C)C(C)C1. The highest BCUT2D eigenvalue weighted by atomic mass is 16.5. The molecule has 0 radical (unpaired) electrons. The van der Waals surface area contributed by atoms with E-state index in [0.717, 1.165) is 11.4 Å². The smallest absolute Gasteiger partial charge is 0.142 e. The van der Waals surface area contributed by atoms with Crippen LogP contribution in [0.3, 0.4) is 0 Å². The fourth-order valence-corrected chi connectivity index (χ4v) is 3.46. The van der Waals surface area contributed by atoms with Gasteiger partial charge in [0.05, 0.1) is 11.8 Å². The van der Waals surface area contributed by atoms with Crippen molar-refractivity contribution in [2.45, 2.75) is 71.6 Å². The summed E-state index contributed by atoms with van der Waals surface area (Å²) < 4.78 is 5.87. The number of hydrogen-bond donors (Lipinski definition) is 1. The molecule has 2 rings (SSSR count). The number of nitrogens with zero attached hydrogens (tertiary/aromatic N) is 1. The molecule has 2 N–H and O–H groups in total. The summed E-state index contributed by atoms with van der Waals surface area (Å²) >= 11 is 0. The second-order valence-electron chi connectivity index (χ2n) is 6.95. The van der Waals surface area contributed by atoms with Gasteiger partial charge < -0.3 is 15.4 Å². The Balaban J connectivity index is 2.30. The summed E-state index contributed by atoms with van der Waals surface area (Å²) in [4.78, 5) is 2.48. The van der Waals surface area contributed by atoms with Crippen LogP contribution in [0.5, 0.6) is 5.75 Å². The van der Waals surface area contributed by atoms with E-state index in [9.17, 15) is 0 Å². The van der Waals surface area contributed by atoms with Crippen molar-refractivity contribution in [1.29, 1.82) is 0 Å². The number of rotatable bonds is 3. The standard InChI is InChI=1S/C18H30N2O/c1-11(2)21-18-10-16(12(3)7-17(18)19)15-8-13(4)20(6)14(5)9-15/h7,10-11,13-15H,8-9,19H2,1-6H3. The third kappa shape index (κ3) is 3.52. The zero-order chi connectivity index (χ0) is 15.7. The van der Waals surface area contributed by atoms with Crippen LogP contribution in [-0.2, 0) is 0 Å². The summed E-state index contributed by atoms with van der Waals surface area (Å²) in [5, 5.41) is 0. The molecule has 1 heterocycles.